The van der Waals surface area contributed by atoms with Crippen LogP contribution in [0.25, 0.3) is 6.08 Å². The van der Waals surface area contributed by atoms with Crippen LogP contribution in [0.2, 0.25) is 5.02 Å². The number of esters is 1. The van der Waals surface area contributed by atoms with Gasteiger partial charge in [0.05, 0.1) is 17.2 Å². The Kier molecular flexibility index (Phi) is 6.21. The topological polar surface area (TPSA) is 73.9 Å². The van der Waals surface area contributed by atoms with E-state index in [1.54, 1.807) is 42.5 Å². The first-order chi connectivity index (χ1) is 13.4. The van der Waals surface area contributed by atoms with Gasteiger partial charge < -0.3 is 19.5 Å². The Bertz CT molecular complexity index is 923. The number of rotatable bonds is 6. The first-order valence-corrected chi connectivity index (χ1v) is 9.16. The molecular formula is C21H20ClNO5. The average Bonchev–Trinajstić information content (AvgIpc) is 3.13. The highest BCUT2D eigenvalue weighted by Gasteiger charge is 2.19. The van der Waals surface area contributed by atoms with Gasteiger partial charge in [0.1, 0.15) is 5.70 Å². The summed E-state index contributed by atoms with van der Waals surface area (Å²) in [6.45, 7) is 4.24. The van der Waals surface area contributed by atoms with E-state index in [-0.39, 0.29) is 35.6 Å². The van der Waals surface area contributed by atoms with Crippen molar-refractivity contribution in [2.24, 2.45) is 5.92 Å². The molecule has 0 fully saturated rings. The molecule has 0 atom stereocenters. The largest absolute Gasteiger partial charge is 0.461 e. The number of halogens is 1. The maximum absolute atomic E-state index is 12.6. The Morgan fingerprint density at radius 2 is 1.93 bits per heavy atom. The maximum atomic E-state index is 12.6. The van der Waals surface area contributed by atoms with Gasteiger partial charge in [-0.1, -0.05) is 43.6 Å². The zero-order valence-corrected chi connectivity index (χ0v) is 16.3. The van der Waals surface area contributed by atoms with E-state index in [0.29, 0.717) is 17.1 Å². The zero-order valence-electron chi connectivity index (χ0n) is 15.5. The smallest absolute Gasteiger partial charge is 0.354 e. The second-order valence-electron chi connectivity index (χ2n) is 6.60. The molecule has 0 saturated carbocycles. The van der Waals surface area contributed by atoms with Crippen molar-refractivity contribution < 1.29 is 23.8 Å². The van der Waals surface area contributed by atoms with Gasteiger partial charge in [0, 0.05) is 0 Å². The monoisotopic (exact) mass is 401 g/mol. The van der Waals surface area contributed by atoms with Crippen LogP contribution in [-0.4, -0.2) is 25.3 Å². The second kappa shape index (κ2) is 8.80. The number of hydrogen-bond donors (Lipinski definition) is 1. The van der Waals surface area contributed by atoms with Gasteiger partial charge in [-0.2, -0.15) is 0 Å². The zero-order chi connectivity index (χ0) is 20.1. The van der Waals surface area contributed by atoms with E-state index in [0.717, 1.165) is 0 Å². The molecule has 3 rings (SSSR count). The molecule has 1 aliphatic rings. The van der Waals surface area contributed by atoms with E-state index in [9.17, 15) is 9.59 Å². The molecule has 7 heteroatoms. The van der Waals surface area contributed by atoms with E-state index < -0.39 is 11.9 Å². The van der Waals surface area contributed by atoms with Crippen molar-refractivity contribution in [2.75, 3.05) is 13.4 Å². The maximum Gasteiger partial charge on any atom is 0.354 e. The Balaban J connectivity index is 1.87. The molecule has 2 aromatic rings. The van der Waals surface area contributed by atoms with Crippen LogP contribution in [-0.2, 0) is 9.53 Å². The number of amides is 1. The Morgan fingerprint density at radius 3 is 2.68 bits per heavy atom. The number of carbonyl (C=O) groups is 2. The lowest BCUT2D eigenvalue weighted by molar-refractivity contribution is -0.140. The third-order valence-corrected chi connectivity index (χ3v) is 4.17. The number of hydrogen-bond acceptors (Lipinski definition) is 5. The van der Waals surface area contributed by atoms with Crippen molar-refractivity contribution in [1.82, 2.24) is 5.32 Å². The van der Waals surface area contributed by atoms with E-state index in [1.807, 2.05) is 13.8 Å². The minimum atomic E-state index is -0.633. The normalized spacial score (nSPS) is 12.8. The lowest BCUT2D eigenvalue weighted by Crippen LogP contribution is -2.29. The lowest BCUT2D eigenvalue weighted by atomic mass is 10.1. The third-order valence-electron chi connectivity index (χ3n) is 3.84. The van der Waals surface area contributed by atoms with Gasteiger partial charge in [0.15, 0.2) is 11.5 Å². The molecule has 0 aliphatic carbocycles. The van der Waals surface area contributed by atoms with E-state index in [2.05, 4.69) is 5.32 Å². The van der Waals surface area contributed by atoms with Crippen LogP contribution < -0.4 is 14.8 Å². The number of carbonyl (C=O) groups excluding carboxylic acids is 2. The highest BCUT2D eigenvalue weighted by atomic mass is 35.5. The number of nitrogens with one attached hydrogen (secondary N) is 1. The molecule has 0 spiro atoms. The number of fused-ring (bicyclic) bond motifs is 1. The summed E-state index contributed by atoms with van der Waals surface area (Å²) in [5.41, 5.74) is 0.919. The first-order valence-electron chi connectivity index (χ1n) is 8.78. The Hall–Kier alpha value is -2.99. The van der Waals surface area contributed by atoms with Crippen LogP contribution in [0.4, 0.5) is 0 Å². The van der Waals surface area contributed by atoms with Crippen LogP contribution in [0.5, 0.6) is 11.5 Å². The van der Waals surface area contributed by atoms with Gasteiger partial charge in [-0.05, 0) is 41.8 Å². The highest BCUT2D eigenvalue weighted by molar-refractivity contribution is 6.34. The molecule has 2 aromatic carbocycles. The highest BCUT2D eigenvalue weighted by Crippen LogP contribution is 2.33. The predicted octanol–water partition coefficient (Wildman–Crippen LogP) is 4.04. The van der Waals surface area contributed by atoms with Gasteiger partial charge in [0.2, 0.25) is 6.79 Å². The standard InChI is InChI=1S/C21H20ClNO5/c1-13(2)11-26-21(25)17(23-20(24)15-5-3-4-6-16(15)22)9-14-7-8-18-19(10-14)28-12-27-18/h3-10,13H,11-12H2,1-2H3,(H,23,24)/b17-9-. The first kappa shape index (κ1) is 19.8. The number of ether oxygens (including phenoxy) is 3. The Labute approximate surface area is 168 Å². The third kappa shape index (κ3) is 4.84. The van der Waals surface area contributed by atoms with Crippen molar-refractivity contribution >= 4 is 29.6 Å². The van der Waals surface area contributed by atoms with Crippen molar-refractivity contribution in [3.63, 3.8) is 0 Å². The summed E-state index contributed by atoms with van der Waals surface area (Å²) in [5.74, 6) is 0.225. The summed E-state index contributed by atoms with van der Waals surface area (Å²) in [4.78, 5) is 25.2. The molecule has 1 heterocycles. The number of benzene rings is 2. The fourth-order valence-corrected chi connectivity index (χ4v) is 2.69. The fraction of sp³-hybridized carbons (Fsp3) is 0.238. The van der Waals surface area contributed by atoms with Crippen LogP contribution in [0.1, 0.15) is 29.8 Å². The van der Waals surface area contributed by atoms with Crippen molar-refractivity contribution in [2.45, 2.75) is 13.8 Å². The minimum absolute atomic E-state index is 0.00411. The van der Waals surface area contributed by atoms with E-state index >= 15 is 0 Å². The van der Waals surface area contributed by atoms with Gasteiger partial charge in [-0.15, -0.1) is 0 Å². The average molecular weight is 402 g/mol. The summed E-state index contributed by atoms with van der Waals surface area (Å²) >= 11 is 6.08. The van der Waals surface area contributed by atoms with Gasteiger partial charge in [-0.3, -0.25) is 4.79 Å². The molecule has 6 nitrogen and oxygen atoms in total. The predicted molar refractivity (Wildman–Crippen MR) is 105 cm³/mol. The van der Waals surface area contributed by atoms with Crippen molar-refractivity contribution in [3.8, 4) is 11.5 Å². The minimum Gasteiger partial charge on any atom is -0.461 e. The van der Waals surface area contributed by atoms with Gasteiger partial charge in [-0.25, -0.2) is 4.79 Å². The molecule has 0 bridgehead atoms. The molecule has 146 valence electrons. The molecule has 1 N–H and O–H groups in total. The van der Waals surface area contributed by atoms with E-state index in [4.69, 9.17) is 25.8 Å². The molecule has 28 heavy (non-hydrogen) atoms. The van der Waals surface area contributed by atoms with Gasteiger partial charge >= 0.3 is 5.97 Å². The van der Waals surface area contributed by atoms with Crippen molar-refractivity contribution in [1.29, 1.82) is 0 Å². The molecule has 0 unspecified atom stereocenters. The SMILES string of the molecule is CC(C)COC(=O)/C(=C/c1ccc2c(c1)OCO2)NC(=O)c1ccccc1Cl. The van der Waals surface area contributed by atoms with Crippen LogP contribution >= 0.6 is 11.6 Å². The molecule has 0 saturated heterocycles. The summed E-state index contributed by atoms with van der Waals surface area (Å²) in [7, 11) is 0. The molecule has 1 amide bonds. The van der Waals surface area contributed by atoms with Crippen LogP contribution in [0.15, 0.2) is 48.2 Å². The quantitative estimate of drug-likeness (QED) is 0.584. The summed E-state index contributed by atoms with van der Waals surface area (Å²) < 4.78 is 15.9. The van der Waals surface area contributed by atoms with E-state index in [1.165, 1.54) is 6.08 Å². The fourth-order valence-electron chi connectivity index (χ4n) is 2.47. The molecule has 0 aromatic heterocycles. The van der Waals surface area contributed by atoms with Gasteiger partial charge in [0.25, 0.3) is 5.91 Å². The summed E-state index contributed by atoms with van der Waals surface area (Å²) in [6.07, 6.45) is 1.53. The van der Waals surface area contributed by atoms with Crippen LogP contribution in [0, 0.1) is 5.92 Å². The molecule has 0 radical (unpaired) electrons. The molecular weight excluding hydrogens is 382 g/mol. The summed E-state index contributed by atoms with van der Waals surface area (Å²) in [5, 5.41) is 2.89. The van der Waals surface area contributed by atoms with Crippen LogP contribution in [0.3, 0.4) is 0 Å². The lowest BCUT2D eigenvalue weighted by Gasteiger charge is -2.12. The Morgan fingerprint density at radius 1 is 1.18 bits per heavy atom. The second-order valence-corrected chi connectivity index (χ2v) is 7.00. The van der Waals surface area contributed by atoms with Crippen molar-refractivity contribution in [3.05, 3.63) is 64.3 Å². The summed E-state index contributed by atoms with van der Waals surface area (Å²) in [6, 6.07) is 11.8. The molecule has 1 aliphatic heterocycles.